The summed E-state index contributed by atoms with van der Waals surface area (Å²) in [4.78, 5) is 27.8. The molecule has 4 atom stereocenters. The van der Waals surface area contributed by atoms with Crippen molar-refractivity contribution in [2.24, 2.45) is 11.7 Å². The molecule has 2 aliphatic heterocycles. The maximum atomic E-state index is 14.5. The van der Waals surface area contributed by atoms with Gasteiger partial charge in [-0.15, -0.1) is 0 Å². The second-order valence-electron chi connectivity index (χ2n) is 10.1. The zero-order valence-electron chi connectivity index (χ0n) is 22.3. The number of hydrogen-bond acceptors (Lipinski definition) is 7. The van der Waals surface area contributed by atoms with Gasteiger partial charge in [0.05, 0.1) is 19.1 Å². The Hall–Kier alpha value is -3.25. The van der Waals surface area contributed by atoms with Gasteiger partial charge in [0, 0.05) is 39.8 Å². The summed E-state index contributed by atoms with van der Waals surface area (Å²) >= 11 is 13.0. The number of sulfonamides is 1. The van der Waals surface area contributed by atoms with Crippen LogP contribution >= 0.6 is 23.2 Å². The molecule has 0 saturated carbocycles. The number of methoxy groups -OCH3 is 2. The standard InChI is InChI=1S/C28H29Cl2N3O7S/c1-39-23-12-10-17(15-24(23)40-2)41(37,38)33-21-11-9-16(29)14-19(21)28(36,18-6-3-4-7-20(18)30)25(33)27(35)32-13-5-8-22(32)26(31)34/h3-4,6-7,9-12,15,19,22,25,36H,5,8,13-14H2,1-2H3,(H2,31,34)/t19?,22-,25-,28+/m0/s1. The van der Waals surface area contributed by atoms with E-state index in [-0.39, 0.29) is 39.9 Å². The van der Waals surface area contributed by atoms with Crippen LogP contribution in [-0.4, -0.2) is 67.4 Å². The lowest BCUT2D eigenvalue weighted by Crippen LogP contribution is -2.58. The van der Waals surface area contributed by atoms with Gasteiger partial charge in [0.25, 0.3) is 15.9 Å². The number of allylic oxidation sites excluding steroid dienone is 3. The highest BCUT2D eigenvalue weighted by atomic mass is 35.5. The van der Waals surface area contributed by atoms with Crippen LogP contribution in [0.1, 0.15) is 24.8 Å². The van der Waals surface area contributed by atoms with Crippen molar-refractivity contribution in [3.63, 3.8) is 0 Å². The van der Waals surface area contributed by atoms with E-state index < -0.39 is 45.4 Å². The van der Waals surface area contributed by atoms with Gasteiger partial charge < -0.3 is 25.2 Å². The molecule has 3 N–H and O–H groups in total. The van der Waals surface area contributed by atoms with Crippen LogP contribution in [0.3, 0.4) is 0 Å². The zero-order chi connectivity index (χ0) is 29.7. The summed E-state index contributed by atoms with van der Waals surface area (Å²) in [6.07, 6.45) is 3.86. The summed E-state index contributed by atoms with van der Waals surface area (Å²) < 4.78 is 40.6. The molecule has 2 heterocycles. The Bertz CT molecular complexity index is 1580. The van der Waals surface area contributed by atoms with Crippen LogP contribution in [0.2, 0.25) is 5.02 Å². The fraction of sp³-hybridized carbons (Fsp3) is 0.357. The number of amides is 2. The molecule has 3 aliphatic rings. The molecule has 13 heteroatoms. The third-order valence-corrected chi connectivity index (χ3v) is 10.3. The number of nitrogens with zero attached hydrogens (tertiary/aromatic N) is 2. The first-order valence-corrected chi connectivity index (χ1v) is 15.1. The van der Waals surface area contributed by atoms with Gasteiger partial charge in [-0.1, -0.05) is 41.4 Å². The van der Waals surface area contributed by atoms with E-state index in [4.69, 9.17) is 38.4 Å². The Balaban J connectivity index is 1.78. The lowest BCUT2D eigenvalue weighted by Gasteiger charge is -2.38. The van der Waals surface area contributed by atoms with Gasteiger partial charge in [-0.3, -0.25) is 13.9 Å². The van der Waals surface area contributed by atoms with E-state index in [2.05, 4.69) is 0 Å². The fourth-order valence-corrected chi connectivity index (χ4v) is 8.27. The van der Waals surface area contributed by atoms with Crippen LogP contribution in [0.5, 0.6) is 11.5 Å². The SMILES string of the molecule is COc1ccc(S(=O)(=O)N2C3=CC=C(Cl)CC3[C@](O)(c3ccccc3Cl)[C@@H]2C(=O)N2CCC[C@H]2C(N)=O)cc1OC. The summed E-state index contributed by atoms with van der Waals surface area (Å²) in [6.45, 7) is 0.161. The lowest BCUT2D eigenvalue weighted by atomic mass is 9.75. The molecule has 1 unspecified atom stereocenters. The third kappa shape index (κ3) is 4.64. The monoisotopic (exact) mass is 621 g/mol. The first-order chi connectivity index (χ1) is 19.5. The number of likely N-dealkylation sites (tertiary alicyclic amines) is 1. The van der Waals surface area contributed by atoms with Crippen molar-refractivity contribution in [1.82, 2.24) is 9.21 Å². The molecule has 2 fully saturated rings. The van der Waals surface area contributed by atoms with Crippen molar-refractivity contribution in [2.75, 3.05) is 20.8 Å². The van der Waals surface area contributed by atoms with Crippen LogP contribution in [0.4, 0.5) is 0 Å². The number of carbonyl (C=O) groups excluding carboxylic acids is 2. The summed E-state index contributed by atoms with van der Waals surface area (Å²) in [5.41, 5.74) is 3.77. The van der Waals surface area contributed by atoms with E-state index in [0.29, 0.717) is 23.6 Å². The number of fused-ring (bicyclic) bond motifs is 1. The molecule has 0 radical (unpaired) electrons. The zero-order valence-corrected chi connectivity index (χ0v) is 24.6. The summed E-state index contributed by atoms with van der Waals surface area (Å²) in [5, 5.41) is 13.2. The molecule has 0 aromatic heterocycles. The molecule has 10 nitrogen and oxygen atoms in total. The number of aliphatic hydroxyl groups is 1. The number of benzene rings is 2. The number of halogens is 2. The highest BCUT2D eigenvalue weighted by molar-refractivity contribution is 7.89. The number of primary amides is 1. The van der Waals surface area contributed by atoms with Crippen molar-refractivity contribution >= 4 is 45.0 Å². The van der Waals surface area contributed by atoms with Crippen LogP contribution in [0.15, 0.2) is 70.2 Å². The van der Waals surface area contributed by atoms with Crippen molar-refractivity contribution in [3.05, 3.63) is 75.9 Å². The van der Waals surface area contributed by atoms with Gasteiger partial charge in [-0.25, -0.2) is 8.42 Å². The maximum absolute atomic E-state index is 14.5. The predicted molar refractivity (Wildman–Crippen MR) is 152 cm³/mol. The van der Waals surface area contributed by atoms with Crippen molar-refractivity contribution in [1.29, 1.82) is 0 Å². The number of rotatable bonds is 7. The van der Waals surface area contributed by atoms with Gasteiger partial charge >= 0.3 is 0 Å². The summed E-state index contributed by atoms with van der Waals surface area (Å²) in [7, 11) is -1.76. The van der Waals surface area contributed by atoms with Gasteiger partial charge in [0.15, 0.2) is 17.5 Å². The second kappa shape index (κ2) is 10.9. The smallest absolute Gasteiger partial charge is 0.265 e. The Morgan fingerprint density at radius 3 is 2.44 bits per heavy atom. The Morgan fingerprint density at radius 1 is 1.07 bits per heavy atom. The van der Waals surface area contributed by atoms with E-state index in [9.17, 15) is 23.1 Å². The highest BCUT2D eigenvalue weighted by Gasteiger charge is 2.65. The molecule has 41 heavy (non-hydrogen) atoms. The van der Waals surface area contributed by atoms with Gasteiger partial charge in [-0.2, -0.15) is 0 Å². The molecule has 2 aromatic carbocycles. The van der Waals surface area contributed by atoms with Crippen LogP contribution in [0.25, 0.3) is 0 Å². The number of ether oxygens (including phenoxy) is 2. The first-order valence-electron chi connectivity index (χ1n) is 12.9. The molecular weight excluding hydrogens is 593 g/mol. The highest BCUT2D eigenvalue weighted by Crippen LogP contribution is 2.56. The maximum Gasteiger partial charge on any atom is 0.265 e. The van der Waals surface area contributed by atoms with Gasteiger partial charge in [-0.05, 0) is 49.6 Å². The summed E-state index contributed by atoms with van der Waals surface area (Å²) in [6, 6.07) is 7.74. The molecule has 5 rings (SSSR count). The Morgan fingerprint density at radius 2 is 1.78 bits per heavy atom. The van der Waals surface area contributed by atoms with E-state index in [1.165, 1.54) is 49.5 Å². The first kappa shape index (κ1) is 29.2. The fourth-order valence-electron chi connectivity index (χ4n) is 6.05. The van der Waals surface area contributed by atoms with Gasteiger partial charge in [0.2, 0.25) is 5.91 Å². The number of carbonyl (C=O) groups is 2. The van der Waals surface area contributed by atoms with Crippen molar-refractivity contribution < 1.29 is 32.6 Å². The normalized spacial score (nSPS) is 25.8. The van der Waals surface area contributed by atoms with Crippen LogP contribution < -0.4 is 15.2 Å². The van der Waals surface area contributed by atoms with E-state index in [1.807, 2.05) is 0 Å². The topological polar surface area (TPSA) is 139 Å². The molecule has 1 aliphatic carbocycles. The van der Waals surface area contributed by atoms with Crippen LogP contribution in [-0.2, 0) is 25.2 Å². The minimum absolute atomic E-state index is 0.0378. The number of hydrogen-bond donors (Lipinski definition) is 2. The third-order valence-electron chi connectivity index (χ3n) is 7.94. The molecule has 0 spiro atoms. The average molecular weight is 623 g/mol. The molecule has 2 amide bonds. The van der Waals surface area contributed by atoms with Gasteiger partial charge in [0.1, 0.15) is 11.6 Å². The van der Waals surface area contributed by atoms with E-state index >= 15 is 0 Å². The van der Waals surface area contributed by atoms with Crippen molar-refractivity contribution in [2.45, 2.75) is 41.8 Å². The molecule has 2 aromatic rings. The lowest BCUT2D eigenvalue weighted by molar-refractivity contribution is -0.147. The predicted octanol–water partition coefficient (Wildman–Crippen LogP) is 3.12. The minimum Gasteiger partial charge on any atom is -0.493 e. The Kier molecular flexibility index (Phi) is 7.75. The second-order valence-corrected chi connectivity index (χ2v) is 12.8. The minimum atomic E-state index is -4.55. The Labute approximate surface area is 248 Å². The molecule has 218 valence electrons. The van der Waals surface area contributed by atoms with Crippen LogP contribution in [0, 0.1) is 5.92 Å². The molecule has 2 saturated heterocycles. The van der Waals surface area contributed by atoms with Crippen molar-refractivity contribution in [3.8, 4) is 11.5 Å². The molecule has 0 bridgehead atoms. The van der Waals surface area contributed by atoms with E-state index in [1.54, 1.807) is 24.3 Å². The molecular formula is C28H29Cl2N3O7S. The number of nitrogens with two attached hydrogens (primary N) is 1. The van der Waals surface area contributed by atoms with E-state index in [0.717, 1.165) is 4.31 Å². The largest absolute Gasteiger partial charge is 0.493 e. The summed E-state index contributed by atoms with van der Waals surface area (Å²) in [5.74, 6) is -2.00. The average Bonchev–Trinajstić information content (AvgIpc) is 3.55. The quantitative estimate of drug-likeness (QED) is 0.484.